The summed E-state index contributed by atoms with van der Waals surface area (Å²) < 4.78 is 0. The van der Waals surface area contributed by atoms with Crippen LogP contribution in [0.3, 0.4) is 0 Å². The maximum Gasteiger partial charge on any atom is 0.269 e. The number of aromatic nitrogens is 2. The Hall–Kier alpha value is -2.78. The smallest absolute Gasteiger partial charge is 0.269 e. The second-order valence-electron chi connectivity index (χ2n) is 7.39. The van der Waals surface area contributed by atoms with Crippen molar-refractivity contribution in [3.63, 3.8) is 0 Å². The van der Waals surface area contributed by atoms with Gasteiger partial charge in [-0.05, 0) is 38.5 Å². The summed E-state index contributed by atoms with van der Waals surface area (Å²) in [6, 6.07) is 6.68. The number of benzene rings is 1. The summed E-state index contributed by atoms with van der Waals surface area (Å²) in [6.07, 6.45) is 0. The molecule has 0 amide bonds. The van der Waals surface area contributed by atoms with Gasteiger partial charge < -0.3 is 9.88 Å². The van der Waals surface area contributed by atoms with E-state index in [1.165, 1.54) is 0 Å². The molecule has 0 spiro atoms. The standard InChI is InChI=1S/C20H23N5O3S/c1-12-14(3)29-20-17(12)19(26)21-18(22-20)13(2)23-8-10-24(11-9-23)15-4-6-16(7-5-15)25(27)28/h4-7,13H,8-11H2,1-3H3,(H,21,22,26). The molecule has 0 saturated carbocycles. The first-order valence-electron chi connectivity index (χ1n) is 9.58. The van der Waals surface area contributed by atoms with Crippen molar-refractivity contribution in [2.45, 2.75) is 26.8 Å². The zero-order valence-corrected chi connectivity index (χ0v) is 17.5. The summed E-state index contributed by atoms with van der Waals surface area (Å²) in [7, 11) is 0. The number of aryl methyl sites for hydroxylation is 2. The molecule has 1 aliphatic heterocycles. The molecule has 1 fully saturated rings. The van der Waals surface area contributed by atoms with Gasteiger partial charge in [0.1, 0.15) is 10.7 Å². The van der Waals surface area contributed by atoms with Gasteiger partial charge in [0.05, 0.1) is 16.4 Å². The Morgan fingerprint density at radius 1 is 1.17 bits per heavy atom. The van der Waals surface area contributed by atoms with E-state index in [1.807, 2.05) is 13.8 Å². The Morgan fingerprint density at radius 3 is 2.45 bits per heavy atom. The van der Waals surface area contributed by atoms with E-state index in [1.54, 1.807) is 35.6 Å². The normalized spacial score (nSPS) is 16.3. The number of anilines is 1. The van der Waals surface area contributed by atoms with Crippen molar-refractivity contribution in [1.82, 2.24) is 14.9 Å². The van der Waals surface area contributed by atoms with Crippen LogP contribution in [0.15, 0.2) is 29.1 Å². The number of hydrogen-bond acceptors (Lipinski definition) is 7. The Morgan fingerprint density at radius 2 is 1.83 bits per heavy atom. The van der Waals surface area contributed by atoms with Crippen LogP contribution in [0.25, 0.3) is 10.2 Å². The number of non-ortho nitro benzene ring substituents is 1. The molecule has 1 saturated heterocycles. The Kier molecular flexibility index (Phi) is 5.10. The Balaban J connectivity index is 1.47. The number of nitrogens with zero attached hydrogens (tertiary/aromatic N) is 4. The number of nitrogens with one attached hydrogen (secondary N) is 1. The average Bonchev–Trinajstić information content (AvgIpc) is 3.01. The Labute approximate surface area is 171 Å². The molecule has 0 bridgehead atoms. The molecular formula is C20H23N5O3S. The molecule has 3 aromatic rings. The largest absolute Gasteiger partial charge is 0.369 e. The van der Waals surface area contributed by atoms with Gasteiger partial charge in [0, 0.05) is 48.9 Å². The highest BCUT2D eigenvalue weighted by atomic mass is 32.1. The third kappa shape index (κ3) is 3.63. The lowest BCUT2D eigenvalue weighted by Gasteiger charge is -2.38. The molecule has 152 valence electrons. The van der Waals surface area contributed by atoms with Crippen molar-refractivity contribution < 1.29 is 4.92 Å². The van der Waals surface area contributed by atoms with Crippen molar-refractivity contribution in [1.29, 1.82) is 0 Å². The number of nitro groups is 1. The SMILES string of the molecule is Cc1sc2nc(C(C)N3CCN(c4ccc([N+](=O)[O-])cc4)CC3)[nH]c(=O)c2c1C. The molecule has 1 atom stereocenters. The van der Waals surface area contributed by atoms with E-state index in [-0.39, 0.29) is 22.2 Å². The van der Waals surface area contributed by atoms with Crippen molar-refractivity contribution >= 4 is 32.9 Å². The van der Waals surface area contributed by atoms with Gasteiger partial charge >= 0.3 is 0 Å². The highest BCUT2D eigenvalue weighted by Gasteiger charge is 2.25. The van der Waals surface area contributed by atoms with Crippen LogP contribution in [0.5, 0.6) is 0 Å². The lowest BCUT2D eigenvalue weighted by Crippen LogP contribution is -2.47. The lowest BCUT2D eigenvalue weighted by atomic mass is 10.2. The second-order valence-corrected chi connectivity index (χ2v) is 8.59. The first-order valence-corrected chi connectivity index (χ1v) is 10.4. The number of piperazine rings is 1. The fraction of sp³-hybridized carbons (Fsp3) is 0.400. The minimum Gasteiger partial charge on any atom is -0.369 e. The van der Waals surface area contributed by atoms with Crippen LogP contribution in [-0.4, -0.2) is 46.0 Å². The van der Waals surface area contributed by atoms with Gasteiger partial charge in [-0.15, -0.1) is 11.3 Å². The van der Waals surface area contributed by atoms with Crippen LogP contribution in [0.1, 0.15) is 29.2 Å². The molecule has 29 heavy (non-hydrogen) atoms. The zero-order chi connectivity index (χ0) is 20.7. The van der Waals surface area contributed by atoms with Crippen molar-refractivity contribution in [2.75, 3.05) is 31.1 Å². The predicted molar refractivity (Wildman–Crippen MR) is 115 cm³/mol. The van der Waals surface area contributed by atoms with E-state index in [2.05, 4.69) is 21.7 Å². The first-order chi connectivity index (χ1) is 13.8. The molecule has 1 aliphatic rings. The highest BCUT2D eigenvalue weighted by Crippen LogP contribution is 2.28. The van der Waals surface area contributed by atoms with Gasteiger partial charge in [0.25, 0.3) is 11.2 Å². The van der Waals surface area contributed by atoms with Crippen LogP contribution in [0, 0.1) is 24.0 Å². The van der Waals surface area contributed by atoms with E-state index < -0.39 is 0 Å². The number of fused-ring (bicyclic) bond motifs is 1. The summed E-state index contributed by atoms with van der Waals surface area (Å²) >= 11 is 1.57. The highest BCUT2D eigenvalue weighted by molar-refractivity contribution is 7.18. The number of aromatic amines is 1. The van der Waals surface area contributed by atoms with Crippen LogP contribution < -0.4 is 10.5 Å². The first kappa shape index (κ1) is 19.5. The molecule has 3 heterocycles. The van der Waals surface area contributed by atoms with E-state index >= 15 is 0 Å². The van der Waals surface area contributed by atoms with E-state index in [0.29, 0.717) is 11.2 Å². The van der Waals surface area contributed by atoms with Crippen LogP contribution in [0.2, 0.25) is 0 Å². The third-order valence-electron chi connectivity index (χ3n) is 5.74. The van der Waals surface area contributed by atoms with Crippen molar-refractivity contribution in [2.24, 2.45) is 0 Å². The lowest BCUT2D eigenvalue weighted by molar-refractivity contribution is -0.384. The number of hydrogen-bond donors (Lipinski definition) is 1. The zero-order valence-electron chi connectivity index (χ0n) is 16.6. The molecule has 2 aromatic heterocycles. The molecule has 1 N–H and O–H groups in total. The van der Waals surface area contributed by atoms with Crippen LogP contribution >= 0.6 is 11.3 Å². The number of nitro benzene ring substituents is 1. The summed E-state index contributed by atoms with van der Waals surface area (Å²) in [6.45, 7) is 9.31. The topological polar surface area (TPSA) is 95.4 Å². The number of thiophene rings is 1. The maximum absolute atomic E-state index is 12.6. The summed E-state index contributed by atoms with van der Waals surface area (Å²) in [4.78, 5) is 37.2. The fourth-order valence-electron chi connectivity index (χ4n) is 3.79. The van der Waals surface area contributed by atoms with E-state index in [9.17, 15) is 14.9 Å². The molecule has 4 rings (SSSR count). The molecule has 8 nitrogen and oxygen atoms in total. The molecule has 1 aromatic carbocycles. The summed E-state index contributed by atoms with van der Waals surface area (Å²) in [5.41, 5.74) is 2.03. The quantitative estimate of drug-likeness (QED) is 0.520. The Bertz CT molecular complexity index is 1110. The van der Waals surface area contributed by atoms with Gasteiger partial charge in [-0.25, -0.2) is 4.98 Å². The average molecular weight is 414 g/mol. The third-order valence-corrected chi connectivity index (χ3v) is 6.84. The van der Waals surface area contributed by atoms with E-state index in [4.69, 9.17) is 4.98 Å². The molecular weight excluding hydrogens is 390 g/mol. The van der Waals surface area contributed by atoms with Crippen LogP contribution in [-0.2, 0) is 0 Å². The van der Waals surface area contributed by atoms with Crippen molar-refractivity contribution in [3.8, 4) is 0 Å². The van der Waals surface area contributed by atoms with Gasteiger partial charge in [0.15, 0.2) is 0 Å². The second kappa shape index (κ2) is 7.57. The number of H-pyrrole nitrogens is 1. The monoisotopic (exact) mass is 413 g/mol. The maximum atomic E-state index is 12.6. The van der Waals surface area contributed by atoms with Crippen molar-refractivity contribution in [3.05, 3.63) is 61.0 Å². The minimum absolute atomic E-state index is 0.00817. The van der Waals surface area contributed by atoms with E-state index in [0.717, 1.165) is 47.1 Å². The molecule has 1 unspecified atom stereocenters. The molecule has 9 heteroatoms. The predicted octanol–water partition coefficient (Wildman–Crippen LogP) is 3.39. The summed E-state index contributed by atoms with van der Waals surface area (Å²) in [5, 5.41) is 11.5. The summed E-state index contributed by atoms with van der Waals surface area (Å²) in [5.74, 6) is 0.701. The van der Waals surface area contributed by atoms with Gasteiger partial charge in [0.2, 0.25) is 0 Å². The number of rotatable bonds is 4. The molecule has 0 radical (unpaired) electrons. The fourth-order valence-corrected chi connectivity index (χ4v) is 4.83. The van der Waals surface area contributed by atoms with Gasteiger partial charge in [-0.3, -0.25) is 19.8 Å². The molecule has 0 aliphatic carbocycles. The van der Waals surface area contributed by atoms with Gasteiger partial charge in [-0.2, -0.15) is 0 Å². The van der Waals surface area contributed by atoms with Gasteiger partial charge in [-0.1, -0.05) is 0 Å². The van der Waals surface area contributed by atoms with Crippen LogP contribution in [0.4, 0.5) is 11.4 Å². The minimum atomic E-state index is -0.384.